The van der Waals surface area contributed by atoms with Crippen LogP contribution >= 0.6 is 0 Å². The van der Waals surface area contributed by atoms with E-state index in [4.69, 9.17) is 0 Å². The van der Waals surface area contributed by atoms with Gasteiger partial charge in [0.05, 0.1) is 6.61 Å². The zero-order valence-corrected chi connectivity index (χ0v) is 27.4. The minimum Gasteiger partial charge on any atom is -0.394 e. The van der Waals surface area contributed by atoms with Crippen molar-refractivity contribution in [3.63, 3.8) is 0 Å². The quantitative estimate of drug-likeness (QED) is 0.0691. The first-order chi connectivity index (χ1) is 24.8. The van der Waals surface area contributed by atoms with Crippen molar-refractivity contribution in [3.05, 3.63) is 179 Å². The molecular weight excluding hydrogens is 668 g/mol. The van der Waals surface area contributed by atoms with Crippen molar-refractivity contribution in [1.29, 1.82) is 0 Å². The van der Waals surface area contributed by atoms with Crippen LogP contribution in [0, 0.1) is 0 Å². The van der Waals surface area contributed by atoms with E-state index in [9.17, 15) is 45.0 Å². The summed E-state index contributed by atoms with van der Waals surface area (Å²) in [6.45, 7) is -1.59. The lowest BCUT2D eigenvalue weighted by Gasteiger charge is -2.54. The molecule has 0 aromatic heterocycles. The Hall–Kier alpha value is -5.79. The van der Waals surface area contributed by atoms with Crippen LogP contribution in [0.2, 0.25) is 0 Å². The molecule has 264 valence electrons. The summed E-state index contributed by atoms with van der Waals surface area (Å²) in [4.78, 5) is 74.2. The molecule has 0 saturated heterocycles. The maximum Gasteiger partial charge on any atom is 0.230 e. The smallest absolute Gasteiger partial charge is 0.230 e. The van der Waals surface area contributed by atoms with Gasteiger partial charge in [-0.15, -0.1) is 0 Å². The maximum absolute atomic E-state index is 15.1. The molecule has 5 aromatic rings. The summed E-state index contributed by atoms with van der Waals surface area (Å²) in [6.07, 6.45) is -2.92. The molecule has 0 bridgehead atoms. The SMILES string of the molecule is O=C(c1ccccc1)C(O)(C(=O)c1ccccc1)[C@](O)(C(=O)c1ccccc1)[C@](O)(C(=O)c1ccccc1)[C@@](O)(C(=O)c1ccccc1)[C@H](O)CO. The first-order valence-corrected chi connectivity index (χ1v) is 16.0. The van der Waals surface area contributed by atoms with E-state index < -0.39 is 91.8 Å². The summed E-state index contributed by atoms with van der Waals surface area (Å²) in [7, 11) is 0. The highest BCUT2D eigenvalue weighted by Crippen LogP contribution is 2.49. The molecule has 0 aliphatic rings. The van der Waals surface area contributed by atoms with Crippen LogP contribution in [0.15, 0.2) is 152 Å². The molecule has 0 heterocycles. The number of aliphatic hydroxyl groups excluding tert-OH is 2. The monoisotopic (exact) mass is 702 g/mol. The van der Waals surface area contributed by atoms with E-state index in [0.29, 0.717) is 0 Å². The predicted molar refractivity (Wildman–Crippen MR) is 187 cm³/mol. The van der Waals surface area contributed by atoms with Crippen molar-refractivity contribution in [2.45, 2.75) is 28.5 Å². The Kier molecular flexibility index (Phi) is 10.7. The molecular formula is C41H34O11. The Morgan fingerprint density at radius 1 is 0.404 bits per heavy atom. The van der Waals surface area contributed by atoms with E-state index in [-0.39, 0.29) is 0 Å². The average Bonchev–Trinajstić information content (AvgIpc) is 3.22. The summed E-state index contributed by atoms with van der Waals surface area (Å²) in [6, 6.07) is 31.2. The molecule has 6 N–H and O–H groups in total. The van der Waals surface area contributed by atoms with E-state index in [2.05, 4.69) is 0 Å². The molecule has 11 nitrogen and oxygen atoms in total. The Bertz CT molecular complexity index is 2020. The van der Waals surface area contributed by atoms with Gasteiger partial charge in [-0.05, 0) is 0 Å². The summed E-state index contributed by atoms with van der Waals surface area (Å²) in [5.74, 6) is -8.98. The third-order valence-electron chi connectivity index (χ3n) is 9.09. The van der Waals surface area contributed by atoms with Crippen molar-refractivity contribution in [2.75, 3.05) is 6.61 Å². The number of Topliss-reactive ketones (excluding diaryl/α,β-unsaturated/α-hetero) is 5. The molecule has 0 aliphatic heterocycles. The van der Waals surface area contributed by atoms with E-state index >= 15 is 9.59 Å². The van der Waals surface area contributed by atoms with Gasteiger partial charge in [0, 0.05) is 27.8 Å². The van der Waals surface area contributed by atoms with Gasteiger partial charge in [-0.25, -0.2) is 0 Å². The van der Waals surface area contributed by atoms with Crippen LogP contribution < -0.4 is 0 Å². The van der Waals surface area contributed by atoms with Gasteiger partial charge in [-0.1, -0.05) is 152 Å². The standard InChI is InChI=1S/C41H34O11/c42-26-32(43)38(49,33(44)27-16-6-1-7-17-27)40(51,36(47)30-22-12-4-13-23-30)41(52,37(48)31-24-14-5-15-25-31)39(50,34(45)28-18-8-2-9-19-28)35(46)29-20-10-3-11-21-29/h1-25,32,42-43,49-52H,26H2/t32-,38+,40+,41-/m1/s1. The zero-order chi connectivity index (χ0) is 37.7. The van der Waals surface area contributed by atoms with E-state index in [1.807, 2.05) is 0 Å². The predicted octanol–water partition coefficient (Wildman–Crippen LogP) is 2.68. The van der Waals surface area contributed by atoms with Gasteiger partial charge in [0.2, 0.25) is 45.7 Å². The van der Waals surface area contributed by atoms with Crippen molar-refractivity contribution in [1.82, 2.24) is 0 Å². The largest absolute Gasteiger partial charge is 0.394 e. The first kappa shape index (κ1) is 37.5. The lowest BCUT2D eigenvalue weighted by molar-refractivity contribution is -0.241. The van der Waals surface area contributed by atoms with Crippen LogP contribution in [0.1, 0.15) is 51.8 Å². The molecule has 0 unspecified atom stereocenters. The van der Waals surface area contributed by atoms with Crippen LogP contribution in [0.5, 0.6) is 0 Å². The van der Waals surface area contributed by atoms with E-state index in [1.165, 1.54) is 91.0 Å². The Morgan fingerprint density at radius 2 is 0.654 bits per heavy atom. The highest BCUT2D eigenvalue weighted by Gasteiger charge is 2.82. The van der Waals surface area contributed by atoms with Crippen LogP contribution in [-0.4, -0.2) is 94.7 Å². The second kappa shape index (κ2) is 14.8. The first-order valence-electron chi connectivity index (χ1n) is 16.0. The zero-order valence-electron chi connectivity index (χ0n) is 27.4. The second-order valence-corrected chi connectivity index (χ2v) is 12.1. The Balaban J connectivity index is 2.04. The van der Waals surface area contributed by atoms with Crippen molar-refractivity contribution >= 4 is 28.9 Å². The van der Waals surface area contributed by atoms with Crippen LogP contribution in [0.4, 0.5) is 0 Å². The van der Waals surface area contributed by atoms with Gasteiger partial charge in [0.25, 0.3) is 0 Å². The molecule has 11 heteroatoms. The molecule has 5 aromatic carbocycles. The number of benzene rings is 5. The van der Waals surface area contributed by atoms with E-state index in [0.717, 1.165) is 60.7 Å². The lowest BCUT2D eigenvalue weighted by Crippen LogP contribution is -2.87. The third-order valence-corrected chi connectivity index (χ3v) is 9.09. The number of hydrogen-bond donors (Lipinski definition) is 6. The van der Waals surface area contributed by atoms with Gasteiger partial charge >= 0.3 is 0 Å². The molecule has 5 rings (SSSR count). The van der Waals surface area contributed by atoms with Crippen molar-refractivity contribution < 1.29 is 54.6 Å². The average molecular weight is 703 g/mol. The van der Waals surface area contributed by atoms with Crippen LogP contribution in [-0.2, 0) is 0 Å². The normalized spacial score (nSPS) is 15.6. The number of rotatable bonds is 15. The molecule has 0 spiro atoms. The molecule has 0 fully saturated rings. The number of ketones is 5. The van der Waals surface area contributed by atoms with Gasteiger partial charge in [-0.3, -0.25) is 24.0 Å². The number of carbonyl (C=O) groups is 5. The minimum absolute atomic E-state index is 0.510. The fourth-order valence-corrected chi connectivity index (χ4v) is 6.33. The highest BCUT2D eigenvalue weighted by atomic mass is 16.4. The van der Waals surface area contributed by atoms with Gasteiger partial charge < -0.3 is 30.6 Å². The molecule has 0 saturated carbocycles. The third kappa shape index (κ3) is 5.81. The molecule has 0 amide bonds. The topological polar surface area (TPSA) is 207 Å². The summed E-state index contributed by atoms with van der Waals surface area (Å²) >= 11 is 0. The van der Waals surface area contributed by atoms with Gasteiger partial charge in [0.1, 0.15) is 6.10 Å². The fraction of sp³-hybridized carbons (Fsp3) is 0.146. The second-order valence-electron chi connectivity index (χ2n) is 12.1. The minimum atomic E-state index is -4.59. The summed E-state index contributed by atoms with van der Waals surface area (Å²) in [5, 5.41) is 74.0. The fourth-order valence-electron chi connectivity index (χ4n) is 6.33. The number of hydrogen-bond acceptors (Lipinski definition) is 11. The van der Waals surface area contributed by atoms with Crippen LogP contribution in [0.25, 0.3) is 0 Å². The maximum atomic E-state index is 15.1. The Morgan fingerprint density at radius 3 is 0.942 bits per heavy atom. The molecule has 0 aliphatic carbocycles. The van der Waals surface area contributed by atoms with Crippen molar-refractivity contribution in [3.8, 4) is 0 Å². The molecule has 52 heavy (non-hydrogen) atoms. The highest BCUT2D eigenvalue weighted by molar-refractivity contribution is 6.30. The Labute approximate surface area is 297 Å². The number of aliphatic hydroxyl groups is 6. The lowest BCUT2D eigenvalue weighted by atomic mass is 9.53. The molecule has 0 radical (unpaired) electrons. The molecule has 4 atom stereocenters. The summed E-state index contributed by atoms with van der Waals surface area (Å²) in [5.41, 5.74) is -20.4. The van der Waals surface area contributed by atoms with E-state index in [1.54, 1.807) is 0 Å². The summed E-state index contributed by atoms with van der Waals surface area (Å²) < 4.78 is 0. The van der Waals surface area contributed by atoms with Crippen LogP contribution in [0.3, 0.4) is 0 Å². The number of carbonyl (C=O) groups excluding carboxylic acids is 5. The van der Waals surface area contributed by atoms with Gasteiger partial charge in [0.15, 0.2) is 5.60 Å². The van der Waals surface area contributed by atoms with Crippen molar-refractivity contribution in [2.24, 2.45) is 0 Å². The van der Waals surface area contributed by atoms with Gasteiger partial charge in [-0.2, -0.15) is 0 Å².